The number of hydrogen-bond donors (Lipinski definition) is 2. The van der Waals surface area contributed by atoms with Crippen LogP contribution in [0.4, 0.5) is 0 Å². The molecule has 26 heavy (non-hydrogen) atoms. The molecule has 134 valence electrons. The van der Waals surface area contributed by atoms with Gasteiger partial charge < -0.3 is 15.4 Å². The lowest BCUT2D eigenvalue weighted by atomic mass is 10.1. The van der Waals surface area contributed by atoms with Gasteiger partial charge in [-0.3, -0.25) is 9.59 Å². The number of hydrogen-bond acceptors (Lipinski definition) is 3. The molecule has 0 aliphatic heterocycles. The molecule has 2 aromatic carbocycles. The van der Waals surface area contributed by atoms with E-state index in [0.29, 0.717) is 17.9 Å². The van der Waals surface area contributed by atoms with Gasteiger partial charge in [-0.15, -0.1) is 6.58 Å². The van der Waals surface area contributed by atoms with E-state index in [9.17, 15) is 9.59 Å². The maximum absolute atomic E-state index is 12.4. The molecule has 0 saturated carbocycles. The van der Waals surface area contributed by atoms with Crippen LogP contribution in [0, 0.1) is 0 Å². The average Bonchev–Trinajstić information content (AvgIpc) is 2.66. The molecule has 6 heteroatoms. The molecule has 0 unspecified atom stereocenters. The van der Waals surface area contributed by atoms with E-state index in [2.05, 4.69) is 33.1 Å². The van der Waals surface area contributed by atoms with Crippen molar-refractivity contribution in [3.63, 3.8) is 0 Å². The zero-order valence-corrected chi connectivity index (χ0v) is 15.9. The van der Waals surface area contributed by atoms with Crippen molar-refractivity contribution in [2.24, 2.45) is 0 Å². The Balaban J connectivity index is 2.25. The Kier molecular flexibility index (Phi) is 7.17. The molecule has 0 fully saturated rings. The maximum Gasteiger partial charge on any atom is 0.268 e. The summed E-state index contributed by atoms with van der Waals surface area (Å²) in [5, 5.41) is 5.34. The van der Waals surface area contributed by atoms with Crippen molar-refractivity contribution in [3.05, 3.63) is 82.5 Å². The minimum atomic E-state index is -0.397. The molecule has 2 N–H and O–H groups in total. The van der Waals surface area contributed by atoms with Gasteiger partial charge in [-0.05, 0) is 48.0 Å². The van der Waals surface area contributed by atoms with Crippen LogP contribution in [0.15, 0.2) is 71.4 Å². The van der Waals surface area contributed by atoms with Crippen LogP contribution < -0.4 is 15.4 Å². The SMILES string of the molecule is C=CCNC(=O)/C(=C/c1ccc(OC)cc1)NC(=O)c1ccc(Br)cc1. The summed E-state index contributed by atoms with van der Waals surface area (Å²) in [5.74, 6) is -0.0594. The fourth-order valence-corrected chi connectivity index (χ4v) is 2.35. The predicted octanol–water partition coefficient (Wildman–Crippen LogP) is 3.53. The molecule has 0 aliphatic carbocycles. The van der Waals surface area contributed by atoms with Gasteiger partial charge in [0.05, 0.1) is 7.11 Å². The normalized spacial score (nSPS) is 10.8. The van der Waals surface area contributed by atoms with E-state index in [1.54, 1.807) is 67.8 Å². The molecule has 0 radical (unpaired) electrons. The highest BCUT2D eigenvalue weighted by Crippen LogP contribution is 2.14. The first-order valence-corrected chi connectivity index (χ1v) is 8.64. The Labute approximate surface area is 160 Å². The topological polar surface area (TPSA) is 67.4 Å². The van der Waals surface area contributed by atoms with Crippen molar-refractivity contribution in [2.45, 2.75) is 0 Å². The highest BCUT2D eigenvalue weighted by atomic mass is 79.9. The Morgan fingerprint density at radius 1 is 1.12 bits per heavy atom. The number of benzene rings is 2. The third-order valence-corrected chi connectivity index (χ3v) is 3.96. The third kappa shape index (κ3) is 5.60. The first kappa shape index (κ1) is 19.5. The highest BCUT2D eigenvalue weighted by molar-refractivity contribution is 9.10. The number of amides is 2. The van der Waals surface area contributed by atoms with Crippen LogP contribution in [-0.4, -0.2) is 25.5 Å². The van der Waals surface area contributed by atoms with Crippen LogP contribution in [0.1, 0.15) is 15.9 Å². The summed E-state index contributed by atoms with van der Waals surface area (Å²) in [6, 6.07) is 14.0. The number of ether oxygens (including phenoxy) is 1. The summed E-state index contributed by atoms with van der Waals surface area (Å²) in [5.41, 5.74) is 1.35. The average molecular weight is 415 g/mol. The Bertz CT molecular complexity index is 812. The number of carbonyl (C=O) groups excluding carboxylic acids is 2. The predicted molar refractivity (Wildman–Crippen MR) is 106 cm³/mol. The summed E-state index contributed by atoms with van der Waals surface area (Å²) >= 11 is 3.33. The fourth-order valence-electron chi connectivity index (χ4n) is 2.08. The van der Waals surface area contributed by atoms with Crippen LogP contribution in [0.5, 0.6) is 5.75 Å². The van der Waals surface area contributed by atoms with E-state index < -0.39 is 5.91 Å². The van der Waals surface area contributed by atoms with E-state index in [1.165, 1.54) is 0 Å². The molecule has 0 aromatic heterocycles. The van der Waals surface area contributed by atoms with E-state index in [4.69, 9.17) is 4.74 Å². The van der Waals surface area contributed by atoms with Crippen LogP contribution in [0.3, 0.4) is 0 Å². The molecule has 0 aliphatic rings. The monoisotopic (exact) mass is 414 g/mol. The summed E-state index contributed by atoms with van der Waals surface area (Å²) in [6.45, 7) is 3.87. The zero-order chi connectivity index (χ0) is 18.9. The minimum absolute atomic E-state index is 0.143. The van der Waals surface area contributed by atoms with Crippen molar-refractivity contribution in [3.8, 4) is 5.75 Å². The molecule has 0 bridgehead atoms. The standard InChI is InChI=1S/C20H19BrN2O3/c1-3-12-22-20(25)18(13-14-4-10-17(26-2)11-5-14)23-19(24)15-6-8-16(21)9-7-15/h3-11,13H,1,12H2,2H3,(H,22,25)(H,23,24)/b18-13-. The molecule has 0 heterocycles. The molecule has 0 atom stereocenters. The molecular weight excluding hydrogens is 396 g/mol. The highest BCUT2D eigenvalue weighted by Gasteiger charge is 2.14. The van der Waals surface area contributed by atoms with Crippen LogP contribution in [0.2, 0.25) is 0 Å². The van der Waals surface area contributed by atoms with Gasteiger partial charge in [-0.2, -0.15) is 0 Å². The number of halogens is 1. The number of carbonyl (C=O) groups is 2. The van der Waals surface area contributed by atoms with Gasteiger partial charge in [0, 0.05) is 16.6 Å². The third-order valence-electron chi connectivity index (χ3n) is 3.43. The van der Waals surface area contributed by atoms with Gasteiger partial charge in [0.2, 0.25) is 0 Å². The largest absolute Gasteiger partial charge is 0.497 e. The quantitative estimate of drug-likeness (QED) is 0.537. The Morgan fingerprint density at radius 2 is 1.77 bits per heavy atom. The second-order valence-corrected chi connectivity index (χ2v) is 6.21. The summed E-state index contributed by atoms with van der Waals surface area (Å²) < 4.78 is 5.99. The Morgan fingerprint density at radius 3 is 2.35 bits per heavy atom. The van der Waals surface area contributed by atoms with Crippen LogP contribution >= 0.6 is 15.9 Å². The van der Waals surface area contributed by atoms with Gasteiger partial charge >= 0.3 is 0 Å². The molecule has 0 spiro atoms. The molecule has 2 amide bonds. The van der Waals surface area contributed by atoms with Gasteiger partial charge in [0.1, 0.15) is 11.4 Å². The molecule has 5 nitrogen and oxygen atoms in total. The second-order valence-electron chi connectivity index (χ2n) is 5.29. The zero-order valence-electron chi connectivity index (χ0n) is 14.3. The molecule has 2 rings (SSSR count). The van der Waals surface area contributed by atoms with E-state index in [-0.39, 0.29) is 11.6 Å². The molecular formula is C20H19BrN2O3. The summed E-state index contributed by atoms with van der Waals surface area (Å²) in [6.07, 6.45) is 3.17. The van der Waals surface area contributed by atoms with E-state index in [0.717, 1.165) is 10.0 Å². The van der Waals surface area contributed by atoms with Gasteiger partial charge in [-0.1, -0.05) is 34.1 Å². The lowest BCUT2D eigenvalue weighted by Gasteiger charge is -2.10. The van der Waals surface area contributed by atoms with Crippen molar-refractivity contribution in [2.75, 3.05) is 13.7 Å². The number of nitrogens with one attached hydrogen (secondary N) is 2. The van der Waals surface area contributed by atoms with E-state index >= 15 is 0 Å². The summed E-state index contributed by atoms with van der Waals surface area (Å²) in [4.78, 5) is 24.8. The van der Waals surface area contributed by atoms with Crippen molar-refractivity contribution in [1.82, 2.24) is 10.6 Å². The minimum Gasteiger partial charge on any atom is -0.497 e. The first-order chi connectivity index (χ1) is 12.5. The van der Waals surface area contributed by atoms with Crippen molar-refractivity contribution < 1.29 is 14.3 Å². The molecule has 0 saturated heterocycles. The Hall–Kier alpha value is -2.86. The second kappa shape index (κ2) is 9.58. The van der Waals surface area contributed by atoms with Gasteiger partial charge in [-0.25, -0.2) is 0 Å². The van der Waals surface area contributed by atoms with Crippen LogP contribution in [0.25, 0.3) is 6.08 Å². The first-order valence-electron chi connectivity index (χ1n) is 7.85. The lowest BCUT2D eigenvalue weighted by molar-refractivity contribution is -0.117. The molecule has 2 aromatic rings. The van der Waals surface area contributed by atoms with Crippen LogP contribution in [-0.2, 0) is 4.79 Å². The number of rotatable bonds is 7. The van der Waals surface area contributed by atoms with Crippen molar-refractivity contribution >= 4 is 33.8 Å². The van der Waals surface area contributed by atoms with Gasteiger partial charge in [0.15, 0.2) is 0 Å². The maximum atomic E-state index is 12.4. The van der Waals surface area contributed by atoms with E-state index in [1.807, 2.05) is 0 Å². The smallest absolute Gasteiger partial charge is 0.268 e. The fraction of sp³-hybridized carbons (Fsp3) is 0.100. The van der Waals surface area contributed by atoms with Gasteiger partial charge in [0.25, 0.3) is 11.8 Å². The van der Waals surface area contributed by atoms with Crippen molar-refractivity contribution in [1.29, 1.82) is 0 Å². The summed E-state index contributed by atoms with van der Waals surface area (Å²) in [7, 11) is 1.58. The number of methoxy groups -OCH3 is 1. The lowest BCUT2D eigenvalue weighted by Crippen LogP contribution is -2.34.